The van der Waals surface area contributed by atoms with Crippen LogP contribution in [0.2, 0.25) is 0 Å². The second-order valence-electron chi connectivity index (χ2n) is 8.53. The summed E-state index contributed by atoms with van der Waals surface area (Å²) in [6, 6.07) is 42.0. The van der Waals surface area contributed by atoms with Crippen LogP contribution in [-0.2, 0) is 0 Å². The lowest BCUT2D eigenvalue weighted by atomic mass is 10.2. The zero-order valence-electron chi connectivity index (χ0n) is 20.3. The number of unbranched alkanes of at least 4 members (excludes halogenated alkanes) is 1. The van der Waals surface area contributed by atoms with Crippen LogP contribution in [0.25, 0.3) is 11.0 Å². The second-order valence-corrected chi connectivity index (χ2v) is 13.1. The van der Waals surface area contributed by atoms with Crippen molar-refractivity contribution < 1.29 is 4.42 Å². The maximum absolute atomic E-state index is 12.3. The molecule has 0 amide bonds. The van der Waals surface area contributed by atoms with E-state index in [1.54, 1.807) is 0 Å². The molecule has 0 spiro atoms. The molecule has 0 aliphatic carbocycles. The van der Waals surface area contributed by atoms with Gasteiger partial charge in [-0.1, -0.05) is 116 Å². The van der Waals surface area contributed by atoms with E-state index in [4.69, 9.17) is 4.42 Å². The third-order valence-electron chi connectivity index (χ3n) is 6.03. The van der Waals surface area contributed by atoms with Crippen molar-refractivity contribution in [1.82, 2.24) is 4.44 Å². The Bertz CT molecular complexity index is 1420. The molecule has 5 heteroatoms. The van der Waals surface area contributed by atoms with Gasteiger partial charge in [0, 0.05) is 39.4 Å². The van der Waals surface area contributed by atoms with Crippen LogP contribution in [0.15, 0.2) is 131 Å². The summed E-state index contributed by atoms with van der Waals surface area (Å²) in [5, 5.41) is 5.93. The lowest BCUT2D eigenvalue weighted by Crippen LogP contribution is -2.32. The predicted octanol–water partition coefficient (Wildman–Crippen LogP) is 6.29. The normalized spacial score (nSPS) is 12.3. The molecule has 0 fully saturated rings. The molecular weight excluding hydrogens is 480 g/mol. The van der Waals surface area contributed by atoms with E-state index < -0.39 is 16.1 Å². The van der Waals surface area contributed by atoms with Crippen molar-refractivity contribution in [3.05, 3.63) is 132 Å². The van der Waals surface area contributed by atoms with Gasteiger partial charge in [0.15, 0.2) is 0 Å². The monoisotopic (exact) mass is 509 g/mol. The second kappa shape index (κ2) is 11.8. The molecule has 1 aromatic heterocycles. The summed E-state index contributed by atoms with van der Waals surface area (Å²) < 4.78 is 8.59. The van der Waals surface area contributed by atoms with Crippen LogP contribution in [0, 0.1) is 0 Å². The van der Waals surface area contributed by atoms with E-state index in [0.717, 1.165) is 30.1 Å². The van der Waals surface area contributed by atoms with Gasteiger partial charge in [-0.3, -0.25) is 0 Å². The first-order valence-corrected chi connectivity index (χ1v) is 14.9. The summed E-state index contributed by atoms with van der Waals surface area (Å²) >= 11 is 0. The van der Waals surface area contributed by atoms with E-state index in [1.165, 1.54) is 22.0 Å². The fourth-order valence-corrected chi connectivity index (χ4v) is 10.6. The summed E-state index contributed by atoms with van der Waals surface area (Å²) in [6.45, 7) is 3.19. The zero-order valence-corrected chi connectivity index (χ0v) is 22.1. The highest BCUT2D eigenvalue weighted by Crippen LogP contribution is 2.55. The van der Waals surface area contributed by atoms with Crippen LogP contribution in [0.1, 0.15) is 19.8 Å². The smallest absolute Gasteiger partial charge is 0.336 e. The molecule has 36 heavy (non-hydrogen) atoms. The minimum Gasteiger partial charge on any atom is -0.422 e. The number of nitrogens with zero attached hydrogens (tertiary/aromatic N) is 1. The van der Waals surface area contributed by atoms with E-state index in [2.05, 4.69) is 114 Å². The molecule has 1 heterocycles. The van der Waals surface area contributed by atoms with Gasteiger partial charge in [0.1, 0.15) is 5.58 Å². The summed E-state index contributed by atoms with van der Waals surface area (Å²) in [7, 11) is -1.83. The first-order chi connectivity index (χ1) is 17.8. The van der Waals surface area contributed by atoms with E-state index in [0.29, 0.717) is 5.58 Å². The molecule has 0 aliphatic rings. The molecule has 5 aromatic rings. The molecule has 3 nitrogen and oxygen atoms in total. The van der Waals surface area contributed by atoms with E-state index in [1.807, 2.05) is 12.1 Å². The lowest BCUT2D eigenvalue weighted by molar-refractivity contribution is 0.563. The van der Waals surface area contributed by atoms with Crippen molar-refractivity contribution in [2.24, 2.45) is 0 Å². The molecule has 1 unspecified atom stereocenters. The summed E-state index contributed by atoms with van der Waals surface area (Å²) in [5.41, 5.74) is 0.379. The van der Waals surface area contributed by atoms with E-state index in [-0.39, 0.29) is 5.63 Å². The van der Waals surface area contributed by atoms with Crippen LogP contribution in [0.5, 0.6) is 0 Å². The van der Waals surface area contributed by atoms with Gasteiger partial charge in [-0.25, -0.2) is 9.24 Å². The van der Waals surface area contributed by atoms with Crippen LogP contribution in [0.4, 0.5) is 0 Å². The largest absolute Gasteiger partial charge is 0.422 e. The molecule has 0 saturated carbocycles. The Hall–Kier alpha value is -3.09. The van der Waals surface area contributed by atoms with Gasteiger partial charge in [0.2, 0.25) is 0 Å². The average Bonchev–Trinajstić information content (AvgIpc) is 2.94. The molecule has 1 atom stereocenters. The van der Waals surface area contributed by atoms with Crippen LogP contribution in [0.3, 0.4) is 0 Å². The van der Waals surface area contributed by atoms with Crippen molar-refractivity contribution in [3.8, 4) is 0 Å². The first kappa shape index (κ1) is 24.6. The molecule has 5 rings (SSSR count). The number of hydrogen-bond acceptors (Lipinski definition) is 3. The topological polar surface area (TPSA) is 33.5 Å². The fourth-order valence-electron chi connectivity index (χ4n) is 4.35. The lowest BCUT2D eigenvalue weighted by Gasteiger charge is -2.39. The van der Waals surface area contributed by atoms with E-state index >= 15 is 0 Å². The summed E-state index contributed by atoms with van der Waals surface area (Å²) in [4.78, 5) is 12.3. The highest BCUT2D eigenvalue weighted by molar-refractivity contribution is 7.84. The molecule has 0 bridgehead atoms. The number of benzene rings is 4. The molecule has 0 N–H and O–H groups in total. The van der Waals surface area contributed by atoms with Crippen molar-refractivity contribution in [3.63, 3.8) is 0 Å². The Morgan fingerprint density at radius 1 is 0.639 bits per heavy atom. The van der Waals surface area contributed by atoms with E-state index in [9.17, 15) is 4.79 Å². The Balaban J connectivity index is 1.78. The molecule has 180 valence electrons. The Morgan fingerprint density at radius 2 is 1.19 bits per heavy atom. The quantitative estimate of drug-likeness (QED) is 0.173. The van der Waals surface area contributed by atoms with Crippen molar-refractivity contribution >= 4 is 48.3 Å². The standard InChI is InChI=1S/C31H29NO2P2/c1-2-3-24-32(35(26-15-7-4-8-16-26)27-17-9-5-10-18-27)36(28-19-11-6-12-20-28)29-21-13-14-25-22-23-30(33)34-31(25)29/h4-23H,2-3,24H2,1H3. The van der Waals surface area contributed by atoms with Gasteiger partial charge in [-0.2, -0.15) is 0 Å². The minimum atomic E-state index is -0.995. The first-order valence-electron chi connectivity index (χ1n) is 12.3. The van der Waals surface area contributed by atoms with Gasteiger partial charge >= 0.3 is 5.63 Å². The maximum Gasteiger partial charge on any atom is 0.336 e. The van der Waals surface area contributed by atoms with Crippen molar-refractivity contribution in [1.29, 1.82) is 0 Å². The van der Waals surface area contributed by atoms with Crippen LogP contribution in [-0.4, -0.2) is 11.0 Å². The van der Waals surface area contributed by atoms with Crippen molar-refractivity contribution in [2.45, 2.75) is 19.8 Å². The molecule has 0 radical (unpaired) electrons. The molecule has 0 aliphatic heterocycles. The van der Waals surface area contributed by atoms with Gasteiger partial charge in [-0.05, 0) is 34.5 Å². The Labute approximate surface area is 215 Å². The Kier molecular flexibility index (Phi) is 8.04. The SMILES string of the molecule is CCCCN(P(c1ccccc1)c1ccccc1)P(c1ccccc1)c1cccc2ccc(=O)oc12. The third kappa shape index (κ3) is 5.35. The number of rotatable bonds is 9. The fraction of sp³-hybridized carbons (Fsp3) is 0.129. The maximum atomic E-state index is 12.3. The minimum absolute atomic E-state index is 0.313. The summed E-state index contributed by atoms with van der Waals surface area (Å²) in [5.74, 6) is 0. The number of para-hydroxylation sites is 1. The predicted molar refractivity (Wildman–Crippen MR) is 156 cm³/mol. The number of fused-ring (bicyclic) bond motifs is 1. The highest BCUT2D eigenvalue weighted by atomic mass is 31.2. The van der Waals surface area contributed by atoms with Gasteiger partial charge in [0.25, 0.3) is 0 Å². The van der Waals surface area contributed by atoms with Crippen molar-refractivity contribution in [2.75, 3.05) is 6.54 Å². The van der Waals surface area contributed by atoms with Crippen LogP contribution >= 0.6 is 16.1 Å². The highest BCUT2D eigenvalue weighted by Gasteiger charge is 2.32. The van der Waals surface area contributed by atoms with Gasteiger partial charge in [0.05, 0.1) is 0 Å². The Morgan fingerprint density at radius 3 is 1.75 bits per heavy atom. The summed E-state index contributed by atoms with van der Waals surface area (Å²) in [6.07, 6.45) is 2.19. The van der Waals surface area contributed by atoms with Gasteiger partial charge < -0.3 is 4.42 Å². The van der Waals surface area contributed by atoms with Crippen LogP contribution < -0.4 is 26.8 Å². The number of hydrogen-bond donors (Lipinski definition) is 0. The average molecular weight is 510 g/mol. The molecule has 4 aromatic carbocycles. The zero-order chi connectivity index (χ0) is 24.7. The third-order valence-corrected chi connectivity index (χ3v) is 11.6. The molecular formula is C31H29NO2P2. The molecule has 0 saturated heterocycles. The van der Waals surface area contributed by atoms with Gasteiger partial charge in [-0.15, -0.1) is 0 Å².